The van der Waals surface area contributed by atoms with E-state index in [2.05, 4.69) is 59.7 Å². The van der Waals surface area contributed by atoms with Gasteiger partial charge in [0, 0.05) is 0 Å². The first-order valence-electron chi connectivity index (χ1n) is 9.72. The molecule has 1 saturated heterocycles. The molecule has 0 atom stereocenters. The average molecular weight is 330 g/mol. The Labute approximate surface area is 149 Å². The van der Waals surface area contributed by atoms with Crippen LogP contribution in [0.3, 0.4) is 0 Å². The van der Waals surface area contributed by atoms with Crippen LogP contribution in [0.15, 0.2) is 18.2 Å². The molecule has 2 rings (SSSR count). The van der Waals surface area contributed by atoms with Crippen molar-refractivity contribution in [3.63, 3.8) is 0 Å². The number of benzene rings is 1. The molecule has 2 nitrogen and oxygen atoms in total. The molecule has 0 spiro atoms. The highest BCUT2D eigenvalue weighted by Crippen LogP contribution is 2.36. The Morgan fingerprint density at radius 3 is 2.08 bits per heavy atom. The fourth-order valence-corrected chi connectivity index (χ4v) is 3.18. The van der Waals surface area contributed by atoms with Gasteiger partial charge in [0.15, 0.2) is 0 Å². The van der Waals surface area contributed by atoms with E-state index in [1.165, 1.54) is 55.1 Å². The predicted molar refractivity (Wildman–Crippen MR) is 104 cm³/mol. The van der Waals surface area contributed by atoms with Crippen LogP contribution in [0, 0.1) is 6.92 Å². The molecule has 0 radical (unpaired) electrons. The van der Waals surface area contributed by atoms with E-state index in [4.69, 9.17) is 9.31 Å². The van der Waals surface area contributed by atoms with Crippen molar-refractivity contribution in [1.82, 2.24) is 0 Å². The highest BCUT2D eigenvalue weighted by molar-refractivity contribution is 6.62. The van der Waals surface area contributed by atoms with Crippen molar-refractivity contribution in [1.29, 1.82) is 0 Å². The summed E-state index contributed by atoms with van der Waals surface area (Å²) in [5, 5.41) is 0. The van der Waals surface area contributed by atoms with Gasteiger partial charge in [-0.05, 0) is 58.5 Å². The molecule has 1 heterocycles. The molecular weight excluding hydrogens is 295 g/mol. The average Bonchev–Trinajstić information content (AvgIpc) is 2.72. The Bertz CT molecular complexity index is 521. The summed E-state index contributed by atoms with van der Waals surface area (Å²) in [5.41, 5.74) is 3.29. The Morgan fingerprint density at radius 1 is 0.875 bits per heavy atom. The van der Waals surface area contributed by atoms with Gasteiger partial charge in [-0.2, -0.15) is 0 Å². The lowest BCUT2D eigenvalue weighted by molar-refractivity contribution is 0.00578. The minimum absolute atomic E-state index is 0.250. The molecule has 134 valence electrons. The van der Waals surface area contributed by atoms with E-state index in [1.54, 1.807) is 0 Å². The molecule has 1 aromatic rings. The number of hydrogen-bond donors (Lipinski definition) is 0. The van der Waals surface area contributed by atoms with Gasteiger partial charge in [-0.15, -0.1) is 0 Å². The lowest BCUT2D eigenvalue weighted by atomic mass is 9.75. The van der Waals surface area contributed by atoms with Gasteiger partial charge in [0.25, 0.3) is 0 Å². The maximum atomic E-state index is 6.23. The lowest BCUT2D eigenvalue weighted by Gasteiger charge is -2.32. The zero-order valence-electron chi connectivity index (χ0n) is 16.6. The van der Waals surface area contributed by atoms with Crippen molar-refractivity contribution in [2.75, 3.05) is 0 Å². The second-order valence-corrected chi connectivity index (χ2v) is 8.30. The molecule has 0 unspecified atom stereocenters. The van der Waals surface area contributed by atoms with Gasteiger partial charge in [0.1, 0.15) is 0 Å². The summed E-state index contributed by atoms with van der Waals surface area (Å²) < 4.78 is 12.5. The van der Waals surface area contributed by atoms with E-state index in [-0.39, 0.29) is 18.3 Å². The van der Waals surface area contributed by atoms with Gasteiger partial charge in [-0.25, -0.2) is 0 Å². The summed E-state index contributed by atoms with van der Waals surface area (Å²) in [6.45, 7) is 12.9. The van der Waals surface area contributed by atoms with Gasteiger partial charge in [0.2, 0.25) is 0 Å². The van der Waals surface area contributed by atoms with Crippen molar-refractivity contribution in [2.45, 2.75) is 97.7 Å². The molecule has 1 fully saturated rings. The summed E-state index contributed by atoms with van der Waals surface area (Å²) in [5.74, 6) is 0. The Hall–Kier alpha value is -0.795. The van der Waals surface area contributed by atoms with Crippen LogP contribution in [0.25, 0.3) is 0 Å². The number of aryl methyl sites for hydroxylation is 2. The maximum absolute atomic E-state index is 6.23. The first-order valence-corrected chi connectivity index (χ1v) is 9.72. The smallest absolute Gasteiger partial charge is 0.399 e. The zero-order chi connectivity index (χ0) is 17.8. The second kappa shape index (κ2) is 8.06. The Morgan fingerprint density at radius 2 is 1.46 bits per heavy atom. The minimum atomic E-state index is -0.278. The van der Waals surface area contributed by atoms with E-state index >= 15 is 0 Å². The SMILES string of the molecule is CCCCCCCCc1ccc(C)c(B2OC(C)(C)C(C)(C)O2)c1. The van der Waals surface area contributed by atoms with Crippen LogP contribution in [0.2, 0.25) is 0 Å². The number of hydrogen-bond acceptors (Lipinski definition) is 2. The fourth-order valence-electron chi connectivity index (χ4n) is 3.18. The normalized spacial score (nSPS) is 19.0. The van der Waals surface area contributed by atoms with E-state index in [9.17, 15) is 0 Å². The third-order valence-electron chi connectivity index (χ3n) is 5.67. The first-order chi connectivity index (χ1) is 11.3. The van der Waals surface area contributed by atoms with E-state index in [0.29, 0.717) is 0 Å². The minimum Gasteiger partial charge on any atom is -0.399 e. The van der Waals surface area contributed by atoms with Crippen LogP contribution in [0.1, 0.15) is 84.3 Å². The molecule has 1 aliphatic rings. The van der Waals surface area contributed by atoms with Crippen molar-refractivity contribution in [2.24, 2.45) is 0 Å². The molecule has 0 aromatic heterocycles. The third kappa shape index (κ3) is 4.64. The standard InChI is InChI=1S/C21H35BO2/c1-7-8-9-10-11-12-13-18-15-14-17(2)19(16-18)22-23-20(3,4)21(5,6)24-22/h14-16H,7-13H2,1-6H3. The van der Waals surface area contributed by atoms with Crippen LogP contribution in [0.4, 0.5) is 0 Å². The van der Waals surface area contributed by atoms with Gasteiger partial charge in [0.05, 0.1) is 11.2 Å². The fraction of sp³-hybridized carbons (Fsp3) is 0.714. The van der Waals surface area contributed by atoms with E-state index in [0.717, 1.165) is 6.42 Å². The van der Waals surface area contributed by atoms with E-state index < -0.39 is 0 Å². The lowest BCUT2D eigenvalue weighted by Crippen LogP contribution is -2.41. The molecule has 24 heavy (non-hydrogen) atoms. The summed E-state index contributed by atoms with van der Waals surface area (Å²) in [6.07, 6.45) is 9.19. The molecule has 1 aliphatic heterocycles. The first kappa shape index (κ1) is 19.5. The largest absolute Gasteiger partial charge is 0.495 e. The maximum Gasteiger partial charge on any atom is 0.495 e. The van der Waals surface area contributed by atoms with Crippen LogP contribution < -0.4 is 5.46 Å². The zero-order valence-corrected chi connectivity index (χ0v) is 16.6. The van der Waals surface area contributed by atoms with Crippen LogP contribution in [0.5, 0.6) is 0 Å². The molecule has 0 aliphatic carbocycles. The van der Waals surface area contributed by atoms with Gasteiger partial charge in [-0.3, -0.25) is 0 Å². The van der Waals surface area contributed by atoms with Crippen molar-refractivity contribution in [3.05, 3.63) is 29.3 Å². The highest BCUT2D eigenvalue weighted by Gasteiger charge is 2.52. The quantitative estimate of drug-likeness (QED) is 0.482. The molecule has 1 aromatic carbocycles. The predicted octanol–water partition coefficient (Wildman–Crippen LogP) is 5.20. The molecule has 0 bridgehead atoms. The topological polar surface area (TPSA) is 18.5 Å². The Balaban J connectivity index is 1.97. The van der Waals surface area contributed by atoms with Gasteiger partial charge >= 0.3 is 7.12 Å². The van der Waals surface area contributed by atoms with Crippen molar-refractivity contribution < 1.29 is 9.31 Å². The number of unbranched alkanes of at least 4 members (excludes halogenated alkanes) is 5. The summed E-state index contributed by atoms with van der Waals surface area (Å²) in [6, 6.07) is 6.77. The summed E-state index contributed by atoms with van der Waals surface area (Å²) in [7, 11) is -0.250. The molecular formula is C21H35BO2. The second-order valence-electron chi connectivity index (χ2n) is 8.30. The molecule has 3 heteroatoms. The van der Waals surface area contributed by atoms with Crippen molar-refractivity contribution >= 4 is 12.6 Å². The molecule has 0 N–H and O–H groups in total. The number of rotatable bonds is 8. The molecule has 0 saturated carbocycles. The van der Waals surface area contributed by atoms with E-state index in [1.807, 2.05) is 0 Å². The summed E-state index contributed by atoms with van der Waals surface area (Å²) in [4.78, 5) is 0. The van der Waals surface area contributed by atoms with Crippen LogP contribution in [-0.4, -0.2) is 18.3 Å². The summed E-state index contributed by atoms with van der Waals surface area (Å²) >= 11 is 0. The molecule has 0 amide bonds. The highest BCUT2D eigenvalue weighted by atomic mass is 16.7. The van der Waals surface area contributed by atoms with Crippen LogP contribution >= 0.6 is 0 Å². The van der Waals surface area contributed by atoms with Crippen LogP contribution in [-0.2, 0) is 15.7 Å². The Kier molecular flexibility index (Phi) is 6.56. The third-order valence-corrected chi connectivity index (χ3v) is 5.67. The van der Waals surface area contributed by atoms with Gasteiger partial charge in [-0.1, -0.05) is 62.8 Å². The van der Waals surface area contributed by atoms with Crippen molar-refractivity contribution in [3.8, 4) is 0 Å². The van der Waals surface area contributed by atoms with Gasteiger partial charge < -0.3 is 9.31 Å². The monoisotopic (exact) mass is 330 g/mol.